The number of nitrogens with one attached hydrogen (secondary N) is 1. The summed E-state index contributed by atoms with van der Waals surface area (Å²) in [6, 6.07) is 7.96. The van der Waals surface area contributed by atoms with Crippen molar-refractivity contribution in [2.24, 2.45) is 0 Å². The van der Waals surface area contributed by atoms with Crippen molar-refractivity contribution in [1.29, 1.82) is 0 Å². The van der Waals surface area contributed by atoms with Crippen LogP contribution in [0.3, 0.4) is 0 Å². The largest absolute Gasteiger partial charge is 0.337 e. The molecule has 2 amide bonds. The van der Waals surface area contributed by atoms with E-state index in [2.05, 4.69) is 5.32 Å². The Kier molecular flexibility index (Phi) is 5.71. The molecule has 0 saturated carbocycles. The summed E-state index contributed by atoms with van der Waals surface area (Å²) in [5.41, 5.74) is 3.04. The van der Waals surface area contributed by atoms with Gasteiger partial charge in [0, 0.05) is 30.8 Å². The van der Waals surface area contributed by atoms with Gasteiger partial charge in [0.2, 0.25) is 11.8 Å². The molecule has 29 heavy (non-hydrogen) atoms. The van der Waals surface area contributed by atoms with Crippen molar-refractivity contribution >= 4 is 66.6 Å². The topological polar surface area (TPSA) is 79.4 Å². The Balaban J connectivity index is 1.74. The summed E-state index contributed by atoms with van der Waals surface area (Å²) in [6.45, 7) is 4.23. The Morgan fingerprint density at radius 3 is 2.72 bits per heavy atom. The Bertz CT molecular complexity index is 1090. The molecule has 0 aliphatic carbocycles. The number of carbonyl (C=O) groups is 3. The Morgan fingerprint density at radius 2 is 2.00 bits per heavy atom. The lowest BCUT2D eigenvalue weighted by atomic mass is 10.0. The van der Waals surface area contributed by atoms with Crippen LogP contribution in [0.5, 0.6) is 0 Å². The SMILES string of the molecule is CC(=O)SCC(=O)Nc1sc2c(c1-c1nc3ccccc3s1)CCN(C(C)=O)C2. The van der Waals surface area contributed by atoms with Crippen molar-refractivity contribution in [3.63, 3.8) is 0 Å². The predicted molar refractivity (Wildman–Crippen MR) is 119 cm³/mol. The van der Waals surface area contributed by atoms with E-state index < -0.39 is 0 Å². The first-order valence-corrected chi connectivity index (χ1v) is 11.7. The third kappa shape index (κ3) is 4.22. The predicted octanol–water partition coefficient (Wildman–Crippen LogP) is 4.15. The van der Waals surface area contributed by atoms with Crippen LogP contribution in [-0.2, 0) is 27.3 Å². The van der Waals surface area contributed by atoms with E-state index >= 15 is 0 Å². The molecular weight excluding hydrogens is 426 g/mol. The fourth-order valence-corrected chi connectivity index (χ4v) is 6.09. The second-order valence-corrected chi connectivity index (χ2v) is 10.0. The van der Waals surface area contributed by atoms with Crippen LogP contribution in [0.25, 0.3) is 20.8 Å². The molecular formula is C20H19N3O3S3. The highest BCUT2D eigenvalue weighted by atomic mass is 32.2. The highest BCUT2D eigenvalue weighted by Gasteiger charge is 2.28. The zero-order valence-corrected chi connectivity index (χ0v) is 18.4. The summed E-state index contributed by atoms with van der Waals surface area (Å²) in [6.07, 6.45) is 0.731. The van der Waals surface area contributed by atoms with Crippen molar-refractivity contribution in [2.75, 3.05) is 17.6 Å². The quantitative estimate of drug-likeness (QED) is 0.653. The molecule has 6 nitrogen and oxygen atoms in total. The van der Waals surface area contributed by atoms with Gasteiger partial charge < -0.3 is 10.2 Å². The molecule has 0 radical (unpaired) electrons. The second-order valence-electron chi connectivity index (χ2n) is 6.71. The van der Waals surface area contributed by atoms with Crippen molar-refractivity contribution < 1.29 is 14.4 Å². The number of thiazole rings is 1. The molecule has 150 valence electrons. The number of thioether (sulfide) groups is 1. The van der Waals surface area contributed by atoms with Crippen LogP contribution in [0.15, 0.2) is 24.3 Å². The van der Waals surface area contributed by atoms with E-state index in [-0.39, 0.29) is 22.7 Å². The van der Waals surface area contributed by atoms with Crippen molar-refractivity contribution in [2.45, 2.75) is 26.8 Å². The van der Waals surface area contributed by atoms with Crippen LogP contribution in [-0.4, -0.2) is 39.1 Å². The molecule has 2 aromatic heterocycles. The van der Waals surface area contributed by atoms with Gasteiger partial charge in [-0.1, -0.05) is 23.9 Å². The average Bonchev–Trinajstić information content (AvgIpc) is 3.25. The number of hydrogen-bond donors (Lipinski definition) is 1. The van der Waals surface area contributed by atoms with E-state index in [1.165, 1.54) is 18.3 Å². The minimum atomic E-state index is -0.213. The second kappa shape index (κ2) is 8.25. The molecule has 3 heterocycles. The standard InChI is InChI=1S/C20H19N3O3S3/c1-11(24)23-8-7-13-16(9-23)29-20(22-17(26)10-27-12(2)25)18(13)19-21-14-5-3-4-6-15(14)28-19/h3-6H,7-10H2,1-2H3,(H,22,26). The highest BCUT2D eigenvalue weighted by Crippen LogP contribution is 2.45. The monoisotopic (exact) mass is 445 g/mol. The third-order valence-corrected chi connectivity index (χ3v) is 7.67. The molecule has 0 unspecified atom stereocenters. The first-order chi connectivity index (χ1) is 13.9. The van der Waals surface area contributed by atoms with E-state index in [9.17, 15) is 14.4 Å². The van der Waals surface area contributed by atoms with Gasteiger partial charge in [-0.15, -0.1) is 22.7 Å². The van der Waals surface area contributed by atoms with E-state index in [1.807, 2.05) is 29.2 Å². The fraction of sp³-hybridized carbons (Fsp3) is 0.300. The molecule has 0 fully saturated rings. The van der Waals surface area contributed by atoms with Gasteiger partial charge in [0.1, 0.15) is 10.0 Å². The van der Waals surface area contributed by atoms with Gasteiger partial charge in [0.05, 0.1) is 22.5 Å². The van der Waals surface area contributed by atoms with Crippen LogP contribution < -0.4 is 5.32 Å². The fourth-order valence-electron chi connectivity index (χ4n) is 3.30. The van der Waals surface area contributed by atoms with Crippen LogP contribution in [0.1, 0.15) is 24.3 Å². The molecule has 1 aromatic carbocycles. The van der Waals surface area contributed by atoms with E-state index in [1.54, 1.807) is 18.3 Å². The summed E-state index contributed by atoms with van der Waals surface area (Å²) in [7, 11) is 0. The van der Waals surface area contributed by atoms with Gasteiger partial charge in [-0.2, -0.15) is 0 Å². The number of carbonyl (C=O) groups excluding carboxylic acids is 3. The van der Waals surface area contributed by atoms with Gasteiger partial charge in [-0.3, -0.25) is 14.4 Å². The lowest BCUT2D eigenvalue weighted by molar-refractivity contribution is -0.129. The summed E-state index contributed by atoms with van der Waals surface area (Å²) < 4.78 is 1.09. The number of aromatic nitrogens is 1. The number of anilines is 1. The van der Waals surface area contributed by atoms with Crippen molar-refractivity contribution in [3.8, 4) is 10.6 Å². The number of benzene rings is 1. The Hall–Kier alpha value is -2.23. The number of fused-ring (bicyclic) bond motifs is 2. The van der Waals surface area contributed by atoms with Gasteiger partial charge in [-0.05, 0) is 24.1 Å². The van der Waals surface area contributed by atoms with E-state index in [4.69, 9.17) is 4.98 Å². The number of nitrogens with zero attached hydrogens (tertiary/aromatic N) is 2. The number of para-hydroxylation sites is 1. The lowest BCUT2D eigenvalue weighted by Gasteiger charge is -2.26. The maximum absolute atomic E-state index is 12.4. The molecule has 0 atom stereocenters. The first kappa shape index (κ1) is 20.1. The third-order valence-electron chi connectivity index (χ3n) is 4.67. The summed E-state index contributed by atoms with van der Waals surface area (Å²) >= 11 is 4.09. The summed E-state index contributed by atoms with van der Waals surface area (Å²) in [5.74, 6) is -0.0832. The smallest absolute Gasteiger partial charge is 0.235 e. The maximum atomic E-state index is 12.4. The Labute approximate surface area is 180 Å². The number of thiophene rings is 1. The van der Waals surface area contributed by atoms with Gasteiger partial charge >= 0.3 is 0 Å². The van der Waals surface area contributed by atoms with Crippen molar-refractivity contribution in [3.05, 3.63) is 34.7 Å². The van der Waals surface area contributed by atoms with Crippen LogP contribution in [0.2, 0.25) is 0 Å². The molecule has 9 heteroatoms. The number of amides is 2. The molecule has 0 saturated heterocycles. The minimum Gasteiger partial charge on any atom is -0.337 e. The molecule has 3 aromatic rings. The van der Waals surface area contributed by atoms with E-state index in [0.717, 1.165) is 54.4 Å². The molecule has 0 bridgehead atoms. The molecule has 4 rings (SSSR count). The molecule has 1 aliphatic rings. The maximum Gasteiger partial charge on any atom is 0.235 e. The lowest BCUT2D eigenvalue weighted by Crippen LogP contribution is -2.33. The van der Waals surface area contributed by atoms with E-state index in [0.29, 0.717) is 13.1 Å². The average molecular weight is 446 g/mol. The molecule has 1 aliphatic heterocycles. The van der Waals surface area contributed by atoms with Crippen LogP contribution in [0.4, 0.5) is 5.00 Å². The first-order valence-electron chi connectivity index (χ1n) is 9.11. The van der Waals surface area contributed by atoms with Crippen LogP contribution >= 0.6 is 34.4 Å². The van der Waals surface area contributed by atoms with Crippen LogP contribution in [0, 0.1) is 0 Å². The zero-order valence-electron chi connectivity index (χ0n) is 16.0. The van der Waals surface area contributed by atoms with Gasteiger partial charge in [0.25, 0.3) is 0 Å². The van der Waals surface area contributed by atoms with Gasteiger partial charge in [-0.25, -0.2) is 4.98 Å². The number of hydrogen-bond acceptors (Lipinski definition) is 7. The molecule has 1 N–H and O–H groups in total. The number of rotatable bonds is 4. The van der Waals surface area contributed by atoms with Crippen molar-refractivity contribution in [1.82, 2.24) is 9.88 Å². The summed E-state index contributed by atoms with van der Waals surface area (Å²) in [4.78, 5) is 43.1. The normalized spacial score (nSPS) is 13.4. The Morgan fingerprint density at radius 1 is 1.21 bits per heavy atom. The zero-order chi connectivity index (χ0) is 20.5. The summed E-state index contributed by atoms with van der Waals surface area (Å²) in [5, 5.41) is 4.50. The minimum absolute atomic E-state index is 0.0500. The highest BCUT2D eigenvalue weighted by molar-refractivity contribution is 8.14. The molecule has 0 spiro atoms. The van der Waals surface area contributed by atoms with Gasteiger partial charge in [0.15, 0.2) is 5.12 Å².